The Hall–Kier alpha value is -1.52. The fourth-order valence-corrected chi connectivity index (χ4v) is 1.70. The Kier molecular flexibility index (Phi) is 8.68. The molecule has 0 saturated heterocycles. The van der Waals surface area contributed by atoms with E-state index in [9.17, 15) is 9.59 Å². The summed E-state index contributed by atoms with van der Waals surface area (Å²) in [5.41, 5.74) is -0.627. The van der Waals surface area contributed by atoms with Gasteiger partial charge in [0.1, 0.15) is 11.6 Å². The number of hydrogen-bond donors (Lipinski definition) is 2. The van der Waals surface area contributed by atoms with E-state index in [1.807, 2.05) is 6.08 Å². The number of amides is 1. The van der Waals surface area contributed by atoms with Crippen LogP contribution in [0.5, 0.6) is 0 Å². The number of aliphatic carboxylic acids is 1. The average molecular weight is 285 g/mol. The van der Waals surface area contributed by atoms with Gasteiger partial charge in [0.25, 0.3) is 0 Å². The predicted molar refractivity (Wildman–Crippen MR) is 78.7 cm³/mol. The van der Waals surface area contributed by atoms with Crippen LogP contribution in [0.15, 0.2) is 12.7 Å². The maximum absolute atomic E-state index is 11.5. The zero-order chi connectivity index (χ0) is 15.6. The Labute approximate surface area is 121 Å². The minimum atomic E-state index is -1.03. The molecule has 0 fully saturated rings. The smallest absolute Gasteiger partial charge is 0.408 e. The summed E-state index contributed by atoms with van der Waals surface area (Å²) < 4.78 is 5.05. The van der Waals surface area contributed by atoms with Crippen molar-refractivity contribution in [1.82, 2.24) is 5.32 Å². The van der Waals surface area contributed by atoms with E-state index in [1.54, 1.807) is 20.8 Å². The van der Waals surface area contributed by atoms with Crippen LogP contribution in [0.25, 0.3) is 0 Å². The van der Waals surface area contributed by atoms with E-state index in [-0.39, 0.29) is 0 Å². The first kappa shape index (κ1) is 18.5. The van der Waals surface area contributed by atoms with Gasteiger partial charge in [-0.15, -0.1) is 6.58 Å². The van der Waals surface area contributed by atoms with Gasteiger partial charge in [0.15, 0.2) is 0 Å². The molecular formula is C15H27NO4. The first-order valence-corrected chi connectivity index (χ1v) is 7.09. The van der Waals surface area contributed by atoms with Crippen molar-refractivity contribution in [1.29, 1.82) is 0 Å². The quantitative estimate of drug-likeness (QED) is 0.502. The van der Waals surface area contributed by atoms with E-state index in [0.717, 1.165) is 32.1 Å². The fraction of sp³-hybridized carbons (Fsp3) is 0.733. The van der Waals surface area contributed by atoms with Crippen LogP contribution in [0, 0.1) is 0 Å². The van der Waals surface area contributed by atoms with Crippen LogP contribution >= 0.6 is 0 Å². The Morgan fingerprint density at radius 2 is 1.85 bits per heavy atom. The van der Waals surface area contributed by atoms with Crippen molar-refractivity contribution < 1.29 is 19.4 Å². The Bertz CT molecular complexity index is 320. The summed E-state index contributed by atoms with van der Waals surface area (Å²) in [5.74, 6) is -1.03. The first-order chi connectivity index (χ1) is 9.26. The van der Waals surface area contributed by atoms with Crippen LogP contribution in [-0.4, -0.2) is 28.8 Å². The summed E-state index contributed by atoms with van der Waals surface area (Å²) in [6, 6.07) is -0.885. The summed E-state index contributed by atoms with van der Waals surface area (Å²) in [4.78, 5) is 22.6. The van der Waals surface area contributed by atoms with Crippen LogP contribution < -0.4 is 5.32 Å². The maximum atomic E-state index is 11.5. The van der Waals surface area contributed by atoms with Gasteiger partial charge in [0.05, 0.1) is 0 Å². The Morgan fingerprint density at radius 1 is 1.25 bits per heavy atom. The van der Waals surface area contributed by atoms with Gasteiger partial charge in [0.2, 0.25) is 0 Å². The molecule has 0 radical (unpaired) electrons. The molecule has 0 aliphatic heterocycles. The summed E-state index contributed by atoms with van der Waals surface area (Å²) in [6.07, 6.45) is 6.44. The lowest BCUT2D eigenvalue weighted by Gasteiger charge is -2.22. The second-order valence-electron chi connectivity index (χ2n) is 5.82. The van der Waals surface area contributed by atoms with Gasteiger partial charge in [-0.25, -0.2) is 9.59 Å². The molecule has 0 bridgehead atoms. The molecule has 0 rings (SSSR count). The van der Waals surface area contributed by atoms with Crippen molar-refractivity contribution in [2.45, 2.75) is 70.9 Å². The van der Waals surface area contributed by atoms with Gasteiger partial charge in [-0.2, -0.15) is 0 Å². The first-order valence-electron chi connectivity index (χ1n) is 7.09. The van der Waals surface area contributed by atoms with Crippen LogP contribution in [0.4, 0.5) is 4.79 Å². The summed E-state index contributed by atoms with van der Waals surface area (Å²) in [7, 11) is 0. The molecule has 0 unspecified atom stereocenters. The van der Waals surface area contributed by atoms with Crippen molar-refractivity contribution in [2.75, 3.05) is 0 Å². The van der Waals surface area contributed by atoms with Crippen molar-refractivity contribution >= 4 is 12.1 Å². The monoisotopic (exact) mass is 285 g/mol. The van der Waals surface area contributed by atoms with Gasteiger partial charge < -0.3 is 15.2 Å². The van der Waals surface area contributed by atoms with Gasteiger partial charge >= 0.3 is 12.1 Å². The van der Waals surface area contributed by atoms with Crippen LogP contribution in [0.1, 0.15) is 59.3 Å². The van der Waals surface area contributed by atoms with E-state index in [4.69, 9.17) is 9.84 Å². The van der Waals surface area contributed by atoms with Gasteiger partial charge in [-0.3, -0.25) is 0 Å². The van der Waals surface area contributed by atoms with E-state index < -0.39 is 23.7 Å². The third kappa shape index (κ3) is 10.4. The molecule has 0 aliphatic rings. The lowest BCUT2D eigenvalue weighted by Crippen LogP contribution is -2.43. The highest BCUT2D eigenvalue weighted by molar-refractivity contribution is 5.79. The van der Waals surface area contributed by atoms with Crippen molar-refractivity contribution in [3.8, 4) is 0 Å². The van der Waals surface area contributed by atoms with Crippen LogP contribution in [0.2, 0.25) is 0 Å². The van der Waals surface area contributed by atoms with Crippen molar-refractivity contribution in [3.63, 3.8) is 0 Å². The molecule has 1 amide bonds. The third-order valence-corrected chi connectivity index (χ3v) is 2.64. The molecule has 0 aliphatic carbocycles. The molecule has 116 valence electrons. The number of carbonyl (C=O) groups excluding carboxylic acids is 1. The fourth-order valence-electron chi connectivity index (χ4n) is 1.70. The van der Waals surface area contributed by atoms with Crippen molar-refractivity contribution in [3.05, 3.63) is 12.7 Å². The number of allylic oxidation sites excluding steroid dienone is 1. The second-order valence-corrected chi connectivity index (χ2v) is 5.82. The van der Waals surface area contributed by atoms with E-state index in [1.165, 1.54) is 0 Å². The summed E-state index contributed by atoms with van der Waals surface area (Å²) in [6.45, 7) is 8.87. The highest BCUT2D eigenvalue weighted by Crippen LogP contribution is 2.10. The van der Waals surface area contributed by atoms with Gasteiger partial charge in [-0.05, 0) is 40.0 Å². The molecule has 0 heterocycles. The summed E-state index contributed by atoms with van der Waals surface area (Å²) >= 11 is 0. The van der Waals surface area contributed by atoms with E-state index >= 15 is 0 Å². The molecule has 2 N–H and O–H groups in total. The number of carbonyl (C=O) groups is 2. The third-order valence-electron chi connectivity index (χ3n) is 2.64. The number of nitrogens with one attached hydrogen (secondary N) is 1. The predicted octanol–water partition coefficient (Wildman–Crippen LogP) is 3.49. The normalized spacial score (nSPS) is 12.6. The molecule has 5 nitrogen and oxygen atoms in total. The number of unbranched alkanes of at least 4 members (excludes halogenated alkanes) is 4. The number of alkyl carbamates (subject to hydrolysis) is 1. The van der Waals surface area contributed by atoms with Gasteiger partial charge in [0, 0.05) is 0 Å². The number of carboxylic acid groups (broad SMARTS) is 1. The zero-order valence-electron chi connectivity index (χ0n) is 12.8. The summed E-state index contributed by atoms with van der Waals surface area (Å²) in [5, 5.41) is 11.5. The van der Waals surface area contributed by atoms with Crippen LogP contribution in [0.3, 0.4) is 0 Å². The standard InChI is InChI=1S/C15H27NO4/c1-5-6-7-8-9-10-11-12(13(17)18)16-14(19)20-15(2,3)4/h5,12H,1,6-11H2,2-4H3,(H,16,19)(H,17,18)/t12-/m0/s1. The highest BCUT2D eigenvalue weighted by atomic mass is 16.6. The Morgan fingerprint density at radius 3 is 2.35 bits per heavy atom. The largest absolute Gasteiger partial charge is 0.480 e. The average Bonchev–Trinajstić information content (AvgIpc) is 2.29. The molecule has 0 aromatic heterocycles. The van der Waals surface area contributed by atoms with E-state index in [0.29, 0.717) is 6.42 Å². The number of ether oxygens (including phenoxy) is 1. The number of hydrogen-bond acceptors (Lipinski definition) is 3. The maximum Gasteiger partial charge on any atom is 0.408 e. The second kappa shape index (κ2) is 9.39. The minimum absolute atomic E-state index is 0.419. The van der Waals surface area contributed by atoms with E-state index in [2.05, 4.69) is 11.9 Å². The molecule has 0 aromatic rings. The SMILES string of the molecule is C=CCCCCCC[C@H](NC(=O)OC(C)(C)C)C(=O)O. The topological polar surface area (TPSA) is 75.6 Å². The van der Waals surface area contributed by atoms with Crippen LogP contribution in [-0.2, 0) is 9.53 Å². The molecule has 0 saturated carbocycles. The lowest BCUT2D eigenvalue weighted by molar-refractivity contribution is -0.139. The van der Waals surface area contributed by atoms with Crippen molar-refractivity contribution in [2.24, 2.45) is 0 Å². The molecule has 0 aromatic carbocycles. The minimum Gasteiger partial charge on any atom is -0.480 e. The molecule has 20 heavy (non-hydrogen) atoms. The zero-order valence-corrected chi connectivity index (χ0v) is 12.8. The molecule has 1 atom stereocenters. The number of carboxylic acids is 1. The molecule has 5 heteroatoms. The van der Waals surface area contributed by atoms with Gasteiger partial charge in [-0.1, -0.05) is 25.3 Å². The molecule has 0 spiro atoms. The Balaban J connectivity index is 4.02. The highest BCUT2D eigenvalue weighted by Gasteiger charge is 2.23. The number of rotatable bonds is 9. The lowest BCUT2D eigenvalue weighted by atomic mass is 10.1. The molecular weight excluding hydrogens is 258 g/mol.